The summed E-state index contributed by atoms with van der Waals surface area (Å²) in [4.78, 5) is 30.9. The number of hydrogen-bond acceptors (Lipinski definition) is 6. The van der Waals surface area contributed by atoms with E-state index in [4.69, 9.17) is 14.2 Å². The first-order chi connectivity index (χ1) is 16.5. The second-order valence-corrected chi connectivity index (χ2v) is 7.58. The Kier molecular flexibility index (Phi) is 6.93. The van der Waals surface area contributed by atoms with Gasteiger partial charge in [0.05, 0.1) is 39.4 Å². The van der Waals surface area contributed by atoms with E-state index in [0.29, 0.717) is 41.4 Å². The van der Waals surface area contributed by atoms with Crippen LogP contribution in [0.3, 0.4) is 0 Å². The molecule has 4 aromatic rings. The lowest BCUT2D eigenvalue weighted by Gasteiger charge is -2.12. The maximum absolute atomic E-state index is 13.3. The number of carbonyl (C=O) groups excluding carboxylic acids is 1. The second-order valence-electron chi connectivity index (χ2n) is 7.58. The molecule has 176 valence electrons. The van der Waals surface area contributed by atoms with Gasteiger partial charge in [0.15, 0.2) is 0 Å². The number of anilines is 1. The summed E-state index contributed by atoms with van der Waals surface area (Å²) in [6.07, 6.45) is 3.30. The van der Waals surface area contributed by atoms with Crippen molar-refractivity contribution in [2.75, 3.05) is 33.3 Å². The number of ether oxygens (including phenoxy) is 3. The van der Waals surface area contributed by atoms with E-state index in [0.717, 1.165) is 11.1 Å². The summed E-state index contributed by atoms with van der Waals surface area (Å²) >= 11 is 0. The normalized spacial score (nSPS) is 10.9. The van der Waals surface area contributed by atoms with Crippen molar-refractivity contribution in [1.29, 1.82) is 0 Å². The molecule has 0 aliphatic carbocycles. The van der Waals surface area contributed by atoms with Gasteiger partial charge in [0.2, 0.25) is 5.91 Å². The number of nitrogens with one attached hydrogen (secondary N) is 1. The molecule has 0 saturated heterocycles. The molecule has 2 aromatic heterocycles. The Hall–Kier alpha value is -4.11. The maximum atomic E-state index is 13.3. The maximum Gasteiger partial charge on any atom is 0.277 e. The van der Waals surface area contributed by atoms with E-state index in [9.17, 15) is 9.59 Å². The van der Waals surface area contributed by atoms with Gasteiger partial charge in [0.25, 0.3) is 5.56 Å². The van der Waals surface area contributed by atoms with E-state index < -0.39 is 0 Å². The molecule has 0 aliphatic heterocycles. The summed E-state index contributed by atoms with van der Waals surface area (Å²) in [5.74, 6) is 0.758. The van der Waals surface area contributed by atoms with Gasteiger partial charge in [-0.25, -0.2) is 4.98 Å². The SMILES string of the molecule is COCCn1cnc2c(-c3ccccc3)cn(CC(=O)Nc3cc(OC)ccc3OC)c2c1=O. The zero-order chi connectivity index (χ0) is 24.1. The number of fused-ring (bicyclic) bond motifs is 1. The van der Waals surface area contributed by atoms with E-state index in [1.165, 1.54) is 18.0 Å². The van der Waals surface area contributed by atoms with Crippen LogP contribution >= 0.6 is 0 Å². The Balaban J connectivity index is 1.74. The molecule has 0 radical (unpaired) electrons. The van der Waals surface area contributed by atoms with Gasteiger partial charge in [0, 0.05) is 24.9 Å². The van der Waals surface area contributed by atoms with Gasteiger partial charge >= 0.3 is 0 Å². The van der Waals surface area contributed by atoms with Crippen LogP contribution in [0.2, 0.25) is 0 Å². The molecule has 0 atom stereocenters. The van der Waals surface area contributed by atoms with E-state index in [1.807, 2.05) is 30.3 Å². The molecule has 4 rings (SSSR count). The highest BCUT2D eigenvalue weighted by molar-refractivity contribution is 5.96. The number of aromatic nitrogens is 3. The van der Waals surface area contributed by atoms with Crippen LogP contribution in [-0.4, -0.2) is 48.0 Å². The van der Waals surface area contributed by atoms with Gasteiger partial charge in [0.1, 0.15) is 29.1 Å². The monoisotopic (exact) mass is 462 g/mol. The van der Waals surface area contributed by atoms with Crippen molar-refractivity contribution < 1.29 is 19.0 Å². The van der Waals surface area contributed by atoms with Crippen molar-refractivity contribution in [3.05, 3.63) is 71.4 Å². The van der Waals surface area contributed by atoms with E-state index in [-0.39, 0.29) is 18.0 Å². The van der Waals surface area contributed by atoms with Crippen molar-refractivity contribution in [1.82, 2.24) is 14.1 Å². The first-order valence-corrected chi connectivity index (χ1v) is 10.7. The number of carbonyl (C=O) groups is 1. The molecule has 0 fully saturated rings. The molecular formula is C25H26N4O5. The van der Waals surface area contributed by atoms with Crippen LogP contribution in [-0.2, 0) is 22.6 Å². The zero-order valence-corrected chi connectivity index (χ0v) is 19.3. The summed E-state index contributed by atoms with van der Waals surface area (Å²) in [7, 11) is 4.65. The molecule has 0 saturated carbocycles. The lowest BCUT2D eigenvalue weighted by Crippen LogP contribution is -2.26. The molecule has 2 heterocycles. The van der Waals surface area contributed by atoms with Crippen molar-refractivity contribution in [2.45, 2.75) is 13.1 Å². The molecule has 34 heavy (non-hydrogen) atoms. The largest absolute Gasteiger partial charge is 0.497 e. The van der Waals surface area contributed by atoms with Gasteiger partial charge in [-0.15, -0.1) is 0 Å². The predicted molar refractivity (Wildman–Crippen MR) is 129 cm³/mol. The molecule has 1 N–H and O–H groups in total. The Morgan fingerprint density at radius 1 is 1.03 bits per heavy atom. The van der Waals surface area contributed by atoms with Gasteiger partial charge in [-0.2, -0.15) is 0 Å². The highest BCUT2D eigenvalue weighted by atomic mass is 16.5. The Bertz CT molecular complexity index is 1360. The van der Waals surface area contributed by atoms with Crippen LogP contribution in [0.15, 0.2) is 65.8 Å². The molecule has 9 heteroatoms. The summed E-state index contributed by atoms with van der Waals surface area (Å²) in [6, 6.07) is 14.8. The summed E-state index contributed by atoms with van der Waals surface area (Å²) in [6.45, 7) is 0.641. The molecule has 9 nitrogen and oxygen atoms in total. The highest BCUT2D eigenvalue weighted by Gasteiger charge is 2.19. The van der Waals surface area contributed by atoms with Crippen LogP contribution in [0.4, 0.5) is 5.69 Å². The molecule has 0 bridgehead atoms. The van der Waals surface area contributed by atoms with E-state index >= 15 is 0 Å². The number of hydrogen-bond donors (Lipinski definition) is 1. The van der Waals surface area contributed by atoms with Crippen LogP contribution in [0.5, 0.6) is 11.5 Å². The van der Waals surface area contributed by atoms with Crippen molar-refractivity contribution >= 4 is 22.6 Å². The Labute approximate surface area is 196 Å². The third-order valence-corrected chi connectivity index (χ3v) is 5.46. The third kappa shape index (κ3) is 4.65. The molecule has 1 amide bonds. The average molecular weight is 463 g/mol. The topological polar surface area (TPSA) is 96.6 Å². The number of nitrogens with zero attached hydrogens (tertiary/aromatic N) is 3. The lowest BCUT2D eigenvalue weighted by atomic mass is 10.1. The molecular weight excluding hydrogens is 436 g/mol. The molecule has 0 unspecified atom stereocenters. The summed E-state index contributed by atoms with van der Waals surface area (Å²) < 4.78 is 18.8. The average Bonchev–Trinajstić information content (AvgIpc) is 3.22. The Morgan fingerprint density at radius 3 is 2.53 bits per heavy atom. The van der Waals surface area contributed by atoms with Gasteiger partial charge in [-0.1, -0.05) is 30.3 Å². The first-order valence-electron chi connectivity index (χ1n) is 10.7. The number of benzene rings is 2. The quantitative estimate of drug-likeness (QED) is 0.410. The fraction of sp³-hybridized carbons (Fsp3) is 0.240. The standard InChI is InChI=1S/C25H26N4O5/c1-32-12-11-28-16-26-23-19(17-7-5-4-6-8-17)14-29(24(23)25(28)31)15-22(30)27-20-13-18(33-2)9-10-21(20)34-3/h4-10,13-14,16H,11-12,15H2,1-3H3,(H,27,30). The first kappa shape index (κ1) is 23.1. The fourth-order valence-corrected chi connectivity index (χ4v) is 3.77. The minimum Gasteiger partial charge on any atom is -0.497 e. The minimum absolute atomic E-state index is 0.0884. The summed E-state index contributed by atoms with van der Waals surface area (Å²) in [5, 5.41) is 2.85. The molecule has 0 spiro atoms. The smallest absolute Gasteiger partial charge is 0.277 e. The van der Waals surface area contributed by atoms with Crippen LogP contribution in [0.25, 0.3) is 22.2 Å². The van der Waals surface area contributed by atoms with Gasteiger partial charge in [-0.05, 0) is 17.7 Å². The fourth-order valence-electron chi connectivity index (χ4n) is 3.77. The van der Waals surface area contributed by atoms with Crippen LogP contribution in [0.1, 0.15) is 0 Å². The van der Waals surface area contributed by atoms with Gasteiger partial charge < -0.3 is 24.1 Å². The zero-order valence-electron chi connectivity index (χ0n) is 19.3. The van der Waals surface area contributed by atoms with Crippen molar-refractivity contribution in [2.24, 2.45) is 0 Å². The minimum atomic E-state index is -0.324. The number of methoxy groups -OCH3 is 3. The molecule has 2 aromatic carbocycles. The highest BCUT2D eigenvalue weighted by Crippen LogP contribution is 2.30. The van der Waals surface area contributed by atoms with Crippen LogP contribution in [0, 0.1) is 0 Å². The Morgan fingerprint density at radius 2 is 1.82 bits per heavy atom. The molecule has 0 aliphatic rings. The predicted octanol–water partition coefficient (Wildman–Crippen LogP) is 3.17. The summed E-state index contributed by atoms with van der Waals surface area (Å²) in [5.41, 5.74) is 2.81. The second kappa shape index (κ2) is 10.2. The number of amides is 1. The lowest BCUT2D eigenvalue weighted by molar-refractivity contribution is -0.116. The van der Waals surface area contributed by atoms with E-state index in [1.54, 1.807) is 43.2 Å². The van der Waals surface area contributed by atoms with E-state index in [2.05, 4.69) is 10.3 Å². The third-order valence-electron chi connectivity index (χ3n) is 5.46. The number of rotatable bonds is 9. The van der Waals surface area contributed by atoms with Crippen molar-refractivity contribution in [3.8, 4) is 22.6 Å². The van der Waals surface area contributed by atoms with Crippen LogP contribution < -0.4 is 20.3 Å². The van der Waals surface area contributed by atoms with Crippen molar-refractivity contribution in [3.63, 3.8) is 0 Å². The van der Waals surface area contributed by atoms with Gasteiger partial charge in [-0.3, -0.25) is 14.2 Å².